The van der Waals surface area contributed by atoms with Gasteiger partial charge < -0.3 is 15.5 Å². The van der Waals surface area contributed by atoms with Gasteiger partial charge in [-0.1, -0.05) is 0 Å². The molecule has 4 heteroatoms. The average molecular weight is 231 g/mol. The number of hydrogen-bond donors (Lipinski definition) is 2. The maximum Gasteiger partial charge on any atom is 0.197 e. The highest BCUT2D eigenvalue weighted by molar-refractivity contribution is 5.66. The fourth-order valence-corrected chi connectivity index (χ4v) is 1.86. The van der Waals surface area contributed by atoms with Gasteiger partial charge in [0.25, 0.3) is 0 Å². The Balaban J connectivity index is 2.46. The second-order valence-corrected chi connectivity index (χ2v) is 4.05. The molecule has 2 aromatic rings. The maximum absolute atomic E-state index is 5.59. The molecule has 0 aliphatic carbocycles. The number of nitrogens with two attached hydrogens (primary N) is 1. The Labute approximate surface area is 101 Å². The van der Waals surface area contributed by atoms with Gasteiger partial charge in [-0.15, -0.1) is 0 Å². The van der Waals surface area contributed by atoms with E-state index in [4.69, 9.17) is 10.5 Å². The summed E-state index contributed by atoms with van der Waals surface area (Å²) in [6.45, 7) is 6.75. The zero-order valence-electron chi connectivity index (χ0n) is 10.4. The second kappa shape index (κ2) is 4.49. The van der Waals surface area contributed by atoms with E-state index in [2.05, 4.69) is 16.0 Å². The van der Waals surface area contributed by atoms with Crippen LogP contribution in [0.5, 0.6) is 5.75 Å². The standard InChI is InChI=1S/C13H17N3O/c1-4-17-12-6-8(2)10(5-9(12)3)11-7-15-13(14)16-11/h5-7H,4H2,1-3H3,(H3,14,15,16). The Hall–Kier alpha value is -1.97. The maximum atomic E-state index is 5.59. The Bertz CT molecular complexity index is 531. The van der Waals surface area contributed by atoms with Gasteiger partial charge in [0.2, 0.25) is 0 Å². The number of rotatable bonds is 3. The number of nitrogens with zero attached hydrogens (tertiary/aromatic N) is 1. The van der Waals surface area contributed by atoms with Gasteiger partial charge in [-0.2, -0.15) is 0 Å². The van der Waals surface area contributed by atoms with Crippen molar-refractivity contribution in [1.29, 1.82) is 0 Å². The summed E-state index contributed by atoms with van der Waals surface area (Å²) >= 11 is 0. The lowest BCUT2D eigenvalue weighted by Crippen LogP contribution is -1.96. The van der Waals surface area contributed by atoms with Crippen LogP contribution in [0, 0.1) is 13.8 Å². The van der Waals surface area contributed by atoms with E-state index < -0.39 is 0 Å². The van der Waals surface area contributed by atoms with Gasteiger partial charge in [0.1, 0.15) is 5.75 Å². The van der Waals surface area contributed by atoms with E-state index in [9.17, 15) is 0 Å². The van der Waals surface area contributed by atoms with E-state index in [1.165, 1.54) is 0 Å². The predicted octanol–water partition coefficient (Wildman–Crippen LogP) is 2.67. The molecule has 4 nitrogen and oxygen atoms in total. The average Bonchev–Trinajstić information content (AvgIpc) is 2.70. The topological polar surface area (TPSA) is 63.9 Å². The molecular formula is C13H17N3O. The Kier molecular flexibility index (Phi) is 3.04. The van der Waals surface area contributed by atoms with Gasteiger partial charge in [-0.05, 0) is 44.0 Å². The largest absolute Gasteiger partial charge is 0.494 e. The van der Waals surface area contributed by atoms with Crippen LogP contribution in [0.2, 0.25) is 0 Å². The molecule has 1 aromatic carbocycles. The van der Waals surface area contributed by atoms with Crippen LogP contribution in [-0.2, 0) is 0 Å². The molecule has 0 unspecified atom stereocenters. The first-order valence-electron chi connectivity index (χ1n) is 5.66. The Morgan fingerprint density at radius 3 is 2.65 bits per heavy atom. The molecule has 90 valence electrons. The van der Waals surface area contributed by atoms with Gasteiger partial charge in [0.15, 0.2) is 5.95 Å². The van der Waals surface area contributed by atoms with Gasteiger partial charge >= 0.3 is 0 Å². The third-order valence-corrected chi connectivity index (χ3v) is 2.71. The molecule has 0 aliphatic heterocycles. The molecule has 0 bridgehead atoms. The van der Waals surface area contributed by atoms with Crippen molar-refractivity contribution < 1.29 is 4.74 Å². The van der Waals surface area contributed by atoms with Crippen molar-refractivity contribution in [1.82, 2.24) is 9.97 Å². The van der Waals surface area contributed by atoms with Gasteiger partial charge in [-0.3, -0.25) is 0 Å². The van der Waals surface area contributed by atoms with Crippen LogP contribution in [0.25, 0.3) is 11.3 Å². The SMILES string of the molecule is CCOc1cc(C)c(-c2cnc(N)[nH]2)cc1C. The molecule has 17 heavy (non-hydrogen) atoms. The van der Waals surface area contributed by atoms with Gasteiger partial charge in [-0.25, -0.2) is 4.98 Å². The highest BCUT2D eigenvalue weighted by atomic mass is 16.5. The molecule has 0 radical (unpaired) electrons. The molecule has 1 aromatic heterocycles. The number of anilines is 1. The summed E-state index contributed by atoms with van der Waals surface area (Å²) in [7, 11) is 0. The summed E-state index contributed by atoms with van der Waals surface area (Å²) < 4.78 is 5.56. The molecular weight excluding hydrogens is 214 g/mol. The van der Waals surface area contributed by atoms with Crippen LogP contribution in [-0.4, -0.2) is 16.6 Å². The highest BCUT2D eigenvalue weighted by Gasteiger charge is 2.09. The molecule has 0 saturated heterocycles. The number of hydrogen-bond acceptors (Lipinski definition) is 3. The summed E-state index contributed by atoms with van der Waals surface area (Å²) in [5.74, 6) is 1.37. The van der Waals surface area contributed by atoms with Crippen LogP contribution in [0.4, 0.5) is 5.95 Å². The van der Waals surface area contributed by atoms with Gasteiger partial charge in [0, 0.05) is 5.56 Å². The van der Waals surface area contributed by atoms with E-state index in [0.717, 1.165) is 28.1 Å². The number of benzene rings is 1. The molecule has 3 N–H and O–H groups in total. The van der Waals surface area contributed by atoms with Crippen molar-refractivity contribution >= 4 is 5.95 Å². The number of aryl methyl sites for hydroxylation is 2. The fraction of sp³-hybridized carbons (Fsp3) is 0.308. The highest BCUT2D eigenvalue weighted by Crippen LogP contribution is 2.29. The number of imidazole rings is 1. The third-order valence-electron chi connectivity index (χ3n) is 2.71. The van der Waals surface area contributed by atoms with E-state index in [-0.39, 0.29) is 0 Å². The minimum Gasteiger partial charge on any atom is -0.494 e. The molecule has 0 spiro atoms. The van der Waals surface area contributed by atoms with Crippen molar-refractivity contribution in [2.45, 2.75) is 20.8 Å². The molecule has 0 atom stereocenters. The molecule has 0 fully saturated rings. The number of nitrogens with one attached hydrogen (secondary N) is 1. The van der Waals surface area contributed by atoms with E-state index in [1.807, 2.05) is 26.8 Å². The lowest BCUT2D eigenvalue weighted by Gasteiger charge is -2.11. The van der Waals surface area contributed by atoms with Crippen LogP contribution in [0.1, 0.15) is 18.1 Å². The third kappa shape index (κ3) is 2.25. The summed E-state index contributed by atoms with van der Waals surface area (Å²) in [4.78, 5) is 7.05. The van der Waals surface area contributed by atoms with Crippen LogP contribution in [0.15, 0.2) is 18.3 Å². The minimum atomic E-state index is 0.436. The van der Waals surface area contributed by atoms with Crippen molar-refractivity contribution in [3.8, 4) is 17.0 Å². The zero-order chi connectivity index (χ0) is 12.4. The summed E-state index contributed by atoms with van der Waals surface area (Å²) in [5, 5.41) is 0. The van der Waals surface area contributed by atoms with Crippen LogP contribution >= 0.6 is 0 Å². The van der Waals surface area contributed by atoms with Gasteiger partial charge in [0.05, 0.1) is 18.5 Å². The number of aromatic amines is 1. The summed E-state index contributed by atoms with van der Waals surface area (Å²) in [6, 6.07) is 4.14. The first-order chi connectivity index (χ1) is 8.11. The van der Waals surface area contributed by atoms with Crippen molar-refractivity contribution in [2.75, 3.05) is 12.3 Å². The zero-order valence-corrected chi connectivity index (χ0v) is 10.4. The van der Waals surface area contributed by atoms with E-state index in [0.29, 0.717) is 12.6 Å². The number of ether oxygens (including phenoxy) is 1. The van der Waals surface area contributed by atoms with E-state index >= 15 is 0 Å². The van der Waals surface area contributed by atoms with Crippen molar-refractivity contribution in [2.24, 2.45) is 0 Å². The smallest absolute Gasteiger partial charge is 0.197 e. The monoisotopic (exact) mass is 231 g/mol. The Morgan fingerprint density at radius 2 is 2.06 bits per heavy atom. The molecule has 2 rings (SSSR count). The normalized spacial score (nSPS) is 10.5. The predicted molar refractivity (Wildman–Crippen MR) is 69.1 cm³/mol. The molecule has 1 heterocycles. The molecule has 0 amide bonds. The molecule has 0 saturated carbocycles. The minimum absolute atomic E-state index is 0.436. The number of H-pyrrole nitrogens is 1. The first kappa shape index (κ1) is 11.5. The fourth-order valence-electron chi connectivity index (χ4n) is 1.86. The van der Waals surface area contributed by atoms with Crippen molar-refractivity contribution in [3.05, 3.63) is 29.5 Å². The molecule has 0 aliphatic rings. The van der Waals surface area contributed by atoms with E-state index in [1.54, 1.807) is 6.20 Å². The second-order valence-electron chi connectivity index (χ2n) is 4.05. The number of aromatic nitrogens is 2. The Morgan fingerprint density at radius 1 is 1.29 bits per heavy atom. The summed E-state index contributed by atoms with van der Waals surface area (Å²) in [6.07, 6.45) is 1.75. The van der Waals surface area contributed by atoms with Crippen LogP contribution < -0.4 is 10.5 Å². The number of nitrogen functional groups attached to an aromatic ring is 1. The quantitative estimate of drug-likeness (QED) is 0.853. The summed E-state index contributed by atoms with van der Waals surface area (Å²) in [5.41, 5.74) is 9.89. The van der Waals surface area contributed by atoms with Crippen molar-refractivity contribution in [3.63, 3.8) is 0 Å². The lowest BCUT2D eigenvalue weighted by atomic mass is 10.0. The lowest BCUT2D eigenvalue weighted by molar-refractivity contribution is 0.337. The van der Waals surface area contributed by atoms with Crippen LogP contribution in [0.3, 0.4) is 0 Å². The first-order valence-corrected chi connectivity index (χ1v) is 5.66.